The molecule has 0 unspecified atom stereocenters. The van der Waals surface area contributed by atoms with Gasteiger partial charge in [-0.2, -0.15) is 0 Å². The number of rotatable bonds is 2. The molecule has 1 aromatic carbocycles. The van der Waals surface area contributed by atoms with Crippen molar-refractivity contribution in [2.45, 2.75) is 20.4 Å². The van der Waals surface area contributed by atoms with Crippen LogP contribution in [-0.4, -0.2) is 11.2 Å². The number of phenols is 1. The van der Waals surface area contributed by atoms with Gasteiger partial charge in [-0.25, -0.2) is 9.79 Å². The molecule has 0 bridgehead atoms. The summed E-state index contributed by atoms with van der Waals surface area (Å²) in [6.07, 6.45) is 1.47. The molecule has 0 amide bonds. The lowest BCUT2D eigenvalue weighted by Crippen LogP contribution is -1.89. The first-order chi connectivity index (χ1) is 6.16. The Hall–Kier alpha value is -1.60. The smallest absolute Gasteiger partial charge is 0.235 e. The van der Waals surface area contributed by atoms with Gasteiger partial charge in [0.25, 0.3) is 0 Å². The summed E-state index contributed by atoms with van der Waals surface area (Å²) in [6.45, 7) is 3.91. The Morgan fingerprint density at radius 2 is 2.15 bits per heavy atom. The topological polar surface area (TPSA) is 49.7 Å². The van der Waals surface area contributed by atoms with Gasteiger partial charge in [0.2, 0.25) is 6.08 Å². The van der Waals surface area contributed by atoms with Crippen LogP contribution in [0.5, 0.6) is 5.75 Å². The van der Waals surface area contributed by atoms with Crippen molar-refractivity contribution in [1.29, 1.82) is 0 Å². The Bertz CT molecular complexity index is 365. The van der Waals surface area contributed by atoms with Gasteiger partial charge in [-0.3, -0.25) is 0 Å². The molecule has 0 saturated heterocycles. The maximum Gasteiger partial charge on any atom is 0.235 e. The van der Waals surface area contributed by atoms with E-state index < -0.39 is 0 Å². The average Bonchev–Trinajstić information content (AvgIpc) is 2.13. The van der Waals surface area contributed by atoms with Crippen molar-refractivity contribution in [3.05, 3.63) is 28.8 Å². The number of hydrogen-bond acceptors (Lipinski definition) is 3. The molecule has 0 heterocycles. The molecule has 0 aromatic heterocycles. The number of aromatic hydroxyl groups is 1. The van der Waals surface area contributed by atoms with Crippen LogP contribution in [0.1, 0.15) is 16.7 Å². The number of hydrogen-bond donors (Lipinski definition) is 1. The van der Waals surface area contributed by atoms with Gasteiger partial charge in [0.05, 0.1) is 6.54 Å². The molecule has 1 aromatic rings. The van der Waals surface area contributed by atoms with E-state index in [1.807, 2.05) is 13.0 Å². The summed E-state index contributed by atoms with van der Waals surface area (Å²) >= 11 is 0. The molecule has 68 valence electrons. The van der Waals surface area contributed by atoms with Crippen molar-refractivity contribution in [2.75, 3.05) is 0 Å². The Morgan fingerprint density at radius 3 is 2.77 bits per heavy atom. The molecule has 0 aliphatic rings. The molecule has 3 nitrogen and oxygen atoms in total. The number of nitrogens with zero attached hydrogens (tertiary/aromatic N) is 1. The zero-order valence-corrected chi connectivity index (χ0v) is 7.66. The lowest BCUT2D eigenvalue weighted by Gasteiger charge is -2.06. The van der Waals surface area contributed by atoms with Crippen LogP contribution in [0, 0.1) is 13.8 Å². The second-order valence-electron chi connectivity index (χ2n) is 2.92. The summed E-state index contributed by atoms with van der Waals surface area (Å²) in [6, 6.07) is 3.66. The molecule has 1 rings (SSSR count). The van der Waals surface area contributed by atoms with Crippen LogP contribution in [0.3, 0.4) is 0 Å². The SMILES string of the molecule is Cc1ccc(CN=C=O)c(C)c1O. The van der Waals surface area contributed by atoms with E-state index in [1.165, 1.54) is 6.08 Å². The van der Waals surface area contributed by atoms with Crippen molar-refractivity contribution in [2.24, 2.45) is 4.99 Å². The fourth-order valence-electron chi connectivity index (χ4n) is 1.17. The van der Waals surface area contributed by atoms with Gasteiger partial charge in [-0.1, -0.05) is 12.1 Å². The molecule has 1 N–H and O–H groups in total. The third kappa shape index (κ3) is 1.95. The van der Waals surface area contributed by atoms with Crippen molar-refractivity contribution in [3.8, 4) is 5.75 Å². The van der Waals surface area contributed by atoms with E-state index in [4.69, 9.17) is 0 Å². The highest BCUT2D eigenvalue weighted by Crippen LogP contribution is 2.24. The molecule has 0 fully saturated rings. The van der Waals surface area contributed by atoms with Crippen LogP contribution in [-0.2, 0) is 11.3 Å². The highest BCUT2D eigenvalue weighted by Gasteiger charge is 2.04. The fourth-order valence-corrected chi connectivity index (χ4v) is 1.17. The number of aryl methyl sites for hydroxylation is 1. The van der Waals surface area contributed by atoms with E-state index in [2.05, 4.69) is 4.99 Å². The van der Waals surface area contributed by atoms with Gasteiger partial charge in [0, 0.05) is 0 Å². The first kappa shape index (κ1) is 9.49. The van der Waals surface area contributed by atoms with Crippen molar-refractivity contribution in [3.63, 3.8) is 0 Å². The molecular weight excluding hydrogens is 166 g/mol. The standard InChI is InChI=1S/C10H11NO2/c1-7-3-4-9(5-11-6-12)8(2)10(7)13/h3-4,13H,5H2,1-2H3. The van der Waals surface area contributed by atoms with Gasteiger partial charge >= 0.3 is 0 Å². The highest BCUT2D eigenvalue weighted by atomic mass is 16.3. The zero-order valence-electron chi connectivity index (χ0n) is 7.66. The van der Waals surface area contributed by atoms with Crippen LogP contribution in [0.4, 0.5) is 0 Å². The third-order valence-electron chi connectivity index (χ3n) is 2.06. The minimum atomic E-state index is 0.276. The van der Waals surface area contributed by atoms with Crippen LogP contribution in [0.15, 0.2) is 17.1 Å². The fraction of sp³-hybridized carbons (Fsp3) is 0.300. The second kappa shape index (κ2) is 3.87. The number of benzene rings is 1. The minimum absolute atomic E-state index is 0.276. The second-order valence-corrected chi connectivity index (χ2v) is 2.92. The monoisotopic (exact) mass is 177 g/mol. The normalized spacial score (nSPS) is 9.38. The first-order valence-corrected chi connectivity index (χ1v) is 3.98. The average molecular weight is 177 g/mol. The van der Waals surface area contributed by atoms with Crippen LogP contribution in [0.2, 0.25) is 0 Å². The first-order valence-electron chi connectivity index (χ1n) is 3.98. The molecular formula is C10H11NO2. The van der Waals surface area contributed by atoms with Crippen LogP contribution >= 0.6 is 0 Å². The predicted octanol–water partition coefficient (Wildman–Crippen LogP) is 1.84. The van der Waals surface area contributed by atoms with Gasteiger partial charge in [0.1, 0.15) is 5.75 Å². The van der Waals surface area contributed by atoms with Gasteiger partial charge in [-0.15, -0.1) is 0 Å². The van der Waals surface area contributed by atoms with E-state index in [0.717, 1.165) is 16.7 Å². The highest BCUT2D eigenvalue weighted by molar-refractivity contribution is 5.44. The Kier molecular flexibility index (Phi) is 2.83. The Balaban J connectivity index is 3.10. The summed E-state index contributed by atoms with van der Waals surface area (Å²) in [5.74, 6) is 0.276. The lowest BCUT2D eigenvalue weighted by molar-refractivity contribution is 0.466. The van der Waals surface area contributed by atoms with E-state index in [9.17, 15) is 9.90 Å². The molecule has 0 aliphatic heterocycles. The lowest BCUT2D eigenvalue weighted by atomic mass is 10.0. The van der Waals surface area contributed by atoms with Gasteiger partial charge in [-0.05, 0) is 30.5 Å². The summed E-state index contributed by atoms with van der Waals surface area (Å²) < 4.78 is 0. The molecule has 0 spiro atoms. The number of carbonyl (C=O) groups excluding carboxylic acids is 1. The zero-order chi connectivity index (χ0) is 9.84. The van der Waals surface area contributed by atoms with Crippen LogP contribution in [0.25, 0.3) is 0 Å². The predicted molar refractivity (Wildman–Crippen MR) is 49.4 cm³/mol. The molecule has 3 heteroatoms. The Morgan fingerprint density at radius 1 is 1.46 bits per heavy atom. The van der Waals surface area contributed by atoms with Gasteiger partial charge in [0.15, 0.2) is 0 Å². The Labute approximate surface area is 76.7 Å². The van der Waals surface area contributed by atoms with E-state index in [0.29, 0.717) is 0 Å². The maximum absolute atomic E-state index is 9.89. The largest absolute Gasteiger partial charge is 0.507 e. The van der Waals surface area contributed by atoms with E-state index >= 15 is 0 Å². The molecule has 0 radical (unpaired) electrons. The molecule has 0 atom stereocenters. The third-order valence-corrected chi connectivity index (χ3v) is 2.06. The van der Waals surface area contributed by atoms with E-state index in [1.54, 1.807) is 13.0 Å². The quantitative estimate of drug-likeness (QED) is 0.553. The molecule has 0 aliphatic carbocycles. The number of aliphatic imine (C=N–C) groups is 1. The van der Waals surface area contributed by atoms with Crippen molar-refractivity contribution < 1.29 is 9.90 Å². The van der Waals surface area contributed by atoms with Crippen molar-refractivity contribution in [1.82, 2.24) is 0 Å². The van der Waals surface area contributed by atoms with Gasteiger partial charge < -0.3 is 5.11 Å². The van der Waals surface area contributed by atoms with E-state index in [-0.39, 0.29) is 12.3 Å². The maximum atomic E-state index is 9.89. The summed E-state index contributed by atoms with van der Waals surface area (Å²) in [4.78, 5) is 13.3. The van der Waals surface area contributed by atoms with Crippen molar-refractivity contribution >= 4 is 6.08 Å². The number of phenolic OH excluding ortho intramolecular Hbond substituents is 1. The van der Waals surface area contributed by atoms with Crippen LogP contribution < -0.4 is 0 Å². The summed E-state index contributed by atoms with van der Waals surface area (Å²) in [7, 11) is 0. The summed E-state index contributed by atoms with van der Waals surface area (Å²) in [5.41, 5.74) is 2.46. The molecule has 13 heavy (non-hydrogen) atoms. The number of isocyanates is 1. The summed E-state index contributed by atoms with van der Waals surface area (Å²) in [5, 5.41) is 9.55. The minimum Gasteiger partial charge on any atom is -0.507 e. The molecule has 0 saturated carbocycles.